The van der Waals surface area contributed by atoms with Gasteiger partial charge in [-0.3, -0.25) is 4.79 Å². The first kappa shape index (κ1) is 14.0. The fraction of sp³-hybridized carbons (Fsp3) is 0.545. The number of hydrogen-bond acceptors (Lipinski definition) is 6. The quantitative estimate of drug-likeness (QED) is 0.763. The van der Waals surface area contributed by atoms with Crippen LogP contribution in [0.15, 0.2) is 10.7 Å². The molecule has 0 atom stereocenters. The zero-order valence-corrected chi connectivity index (χ0v) is 10.5. The maximum Gasteiger partial charge on any atom is 0.360 e. The normalized spacial score (nSPS) is 10.4. The molecule has 1 aromatic rings. The topological polar surface area (TPSA) is 92.9 Å². The number of oxazole rings is 1. The van der Waals surface area contributed by atoms with Gasteiger partial charge in [-0.25, -0.2) is 4.79 Å². The molecular weight excluding hydrogens is 240 g/mol. The summed E-state index contributed by atoms with van der Waals surface area (Å²) in [7, 11) is 0. The van der Waals surface area contributed by atoms with Crippen molar-refractivity contribution < 1.29 is 23.8 Å². The zero-order chi connectivity index (χ0) is 13.7. The predicted molar refractivity (Wildman–Crippen MR) is 62.6 cm³/mol. The van der Waals surface area contributed by atoms with Crippen molar-refractivity contribution >= 4 is 18.0 Å². The van der Waals surface area contributed by atoms with Crippen molar-refractivity contribution in [2.24, 2.45) is 0 Å². The summed E-state index contributed by atoms with van der Waals surface area (Å²) in [5.41, 5.74) is 0.0305. The molecule has 18 heavy (non-hydrogen) atoms. The Bertz CT molecular complexity index is 427. The minimum Gasteiger partial charge on any atom is -0.480 e. The van der Waals surface area contributed by atoms with Crippen molar-refractivity contribution in [3.8, 4) is 0 Å². The van der Waals surface area contributed by atoms with E-state index < -0.39 is 11.9 Å². The molecule has 1 rings (SSSR count). The van der Waals surface area contributed by atoms with Gasteiger partial charge < -0.3 is 19.2 Å². The summed E-state index contributed by atoms with van der Waals surface area (Å²) in [6.07, 6.45) is 1.16. The first-order valence-electron chi connectivity index (χ1n) is 5.56. The Morgan fingerprint density at radius 2 is 2.22 bits per heavy atom. The lowest BCUT2D eigenvalue weighted by atomic mass is 10.3. The lowest BCUT2D eigenvalue weighted by molar-refractivity contribution is -0.135. The van der Waals surface area contributed by atoms with Crippen LogP contribution in [-0.4, -0.2) is 41.2 Å². The van der Waals surface area contributed by atoms with Crippen molar-refractivity contribution in [3.05, 3.63) is 12.0 Å². The number of carbonyl (C=O) groups is 2. The van der Waals surface area contributed by atoms with Gasteiger partial charge in [0.05, 0.1) is 6.61 Å². The van der Waals surface area contributed by atoms with Gasteiger partial charge in [0.2, 0.25) is 0 Å². The van der Waals surface area contributed by atoms with E-state index in [0.717, 1.165) is 6.26 Å². The number of anilines is 1. The largest absolute Gasteiger partial charge is 0.480 e. The van der Waals surface area contributed by atoms with Crippen LogP contribution in [0.1, 0.15) is 31.3 Å². The number of carbonyl (C=O) groups excluding carboxylic acids is 1. The van der Waals surface area contributed by atoms with E-state index in [1.807, 2.05) is 0 Å². The van der Waals surface area contributed by atoms with E-state index in [9.17, 15) is 9.59 Å². The second-order valence-corrected chi connectivity index (χ2v) is 3.85. The van der Waals surface area contributed by atoms with E-state index in [2.05, 4.69) is 4.98 Å². The molecule has 7 heteroatoms. The number of aromatic nitrogens is 1. The van der Waals surface area contributed by atoms with Crippen LogP contribution in [0, 0.1) is 0 Å². The molecule has 1 heterocycles. The van der Waals surface area contributed by atoms with Crippen LogP contribution in [0.2, 0.25) is 0 Å². The second-order valence-electron chi connectivity index (χ2n) is 3.85. The lowest BCUT2D eigenvalue weighted by Gasteiger charge is -2.22. The highest BCUT2D eigenvalue weighted by molar-refractivity contribution is 5.87. The summed E-state index contributed by atoms with van der Waals surface area (Å²) in [6.45, 7) is 5.28. The number of aliphatic carboxylic acids is 1. The third kappa shape index (κ3) is 3.47. The zero-order valence-electron chi connectivity index (χ0n) is 10.5. The highest BCUT2D eigenvalue weighted by Crippen LogP contribution is 2.16. The molecule has 100 valence electrons. The van der Waals surface area contributed by atoms with Crippen molar-refractivity contribution in [2.75, 3.05) is 18.1 Å². The van der Waals surface area contributed by atoms with Crippen LogP contribution in [-0.2, 0) is 9.53 Å². The molecule has 0 spiro atoms. The number of carboxylic acid groups (broad SMARTS) is 1. The summed E-state index contributed by atoms with van der Waals surface area (Å²) in [5, 5.41) is 8.79. The van der Waals surface area contributed by atoms with E-state index in [4.69, 9.17) is 14.3 Å². The molecule has 0 saturated carbocycles. The molecular formula is C11H16N2O5. The van der Waals surface area contributed by atoms with Gasteiger partial charge in [-0.15, -0.1) is 0 Å². The van der Waals surface area contributed by atoms with Crippen molar-refractivity contribution in [1.29, 1.82) is 0 Å². The number of esters is 1. The van der Waals surface area contributed by atoms with Crippen LogP contribution in [0.5, 0.6) is 0 Å². The minimum atomic E-state index is -1.00. The standard InChI is InChI=1S/C11H16N2O5/c1-4-17-10(16)8-6-18-11(12-8)13(7(2)3)5-9(14)15/h6-7H,4-5H2,1-3H3,(H,14,15). The Balaban J connectivity index is 2.87. The van der Waals surface area contributed by atoms with Crippen molar-refractivity contribution in [1.82, 2.24) is 4.98 Å². The Morgan fingerprint density at radius 3 is 2.72 bits per heavy atom. The molecule has 0 unspecified atom stereocenters. The Labute approximate surface area is 104 Å². The van der Waals surface area contributed by atoms with Gasteiger partial charge in [0, 0.05) is 6.04 Å². The maximum atomic E-state index is 11.4. The SMILES string of the molecule is CCOC(=O)c1coc(N(CC(=O)O)C(C)C)n1. The first-order chi connectivity index (χ1) is 8.45. The van der Waals surface area contributed by atoms with E-state index in [-0.39, 0.29) is 30.9 Å². The molecule has 0 aliphatic heterocycles. The monoisotopic (exact) mass is 256 g/mol. The van der Waals surface area contributed by atoms with E-state index in [0.29, 0.717) is 0 Å². The van der Waals surface area contributed by atoms with Gasteiger partial charge in [-0.2, -0.15) is 4.98 Å². The Morgan fingerprint density at radius 1 is 1.56 bits per heavy atom. The molecule has 1 N–H and O–H groups in total. The molecule has 0 saturated heterocycles. The Kier molecular flexibility index (Phi) is 4.70. The van der Waals surface area contributed by atoms with Crippen LogP contribution in [0.4, 0.5) is 6.01 Å². The number of hydrogen-bond donors (Lipinski definition) is 1. The smallest absolute Gasteiger partial charge is 0.360 e. The second kappa shape index (κ2) is 6.04. The summed E-state index contributed by atoms with van der Waals surface area (Å²) < 4.78 is 9.87. The van der Waals surface area contributed by atoms with Crippen LogP contribution in [0.3, 0.4) is 0 Å². The van der Waals surface area contributed by atoms with Crippen LogP contribution >= 0.6 is 0 Å². The third-order valence-corrected chi connectivity index (χ3v) is 2.15. The van der Waals surface area contributed by atoms with Gasteiger partial charge in [-0.05, 0) is 20.8 Å². The van der Waals surface area contributed by atoms with Crippen molar-refractivity contribution in [3.63, 3.8) is 0 Å². The number of nitrogens with zero attached hydrogens (tertiary/aromatic N) is 2. The van der Waals surface area contributed by atoms with E-state index >= 15 is 0 Å². The molecule has 0 aliphatic carbocycles. The summed E-state index contributed by atoms with van der Waals surface area (Å²) in [6, 6.07) is -0.0229. The highest BCUT2D eigenvalue weighted by atomic mass is 16.5. The molecule has 0 amide bonds. The maximum absolute atomic E-state index is 11.4. The average molecular weight is 256 g/mol. The molecule has 7 nitrogen and oxygen atoms in total. The summed E-state index contributed by atoms with van der Waals surface area (Å²) in [5.74, 6) is -1.59. The fourth-order valence-electron chi connectivity index (χ4n) is 1.31. The minimum absolute atomic E-state index is 0.0305. The number of ether oxygens (including phenoxy) is 1. The predicted octanol–water partition coefficient (Wildman–Crippen LogP) is 1.15. The van der Waals surface area contributed by atoms with E-state index in [1.165, 1.54) is 4.90 Å². The molecule has 0 radical (unpaired) electrons. The molecule has 1 aromatic heterocycles. The van der Waals surface area contributed by atoms with Gasteiger partial charge in [-0.1, -0.05) is 0 Å². The number of rotatable bonds is 6. The Hall–Kier alpha value is -2.05. The van der Waals surface area contributed by atoms with Crippen LogP contribution < -0.4 is 4.90 Å². The lowest BCUT2D eigenvalue weighted by Crippen LogP contribution is -2.35. The van der Waals surface area contributed by atoms with Gasteiger partial charge in [0.1, 0.15) is 12.8 Å². The van der Waals surface area contributed by atoms with E-state index in [1.54, 1.807) is 20.8 Å². The molecule has 0 aromatic carbocycles. The molecule has 0 fully saturated rings. The van der Waals surface area contributed by atoms with Gasteiger partial charge in [0.25, 0.3) is 6.01 Å². The fourth-order valence-corrected chi connectivity index (χ4v) is 1.31. The summed E-state index contributed by atoms with van der Waals surface area (Å²) >= 11 is 0. The highest BCUT2D eigenvalue weighted by Gasteiger charge is 2.21. The van der Waals surface area contributed by atoms with Gasteiger partial charge >= 0.3 is 11.9 Å². The van der Waals surface area contributed by atoms with Crippen molar-refractivity contribution in [2.45, 2.75) is 26.8 Å². The molecule has 0 aliphatic rings. The third-order valence-electron chi connectivity index (χ3n) is 2.15. The summed E-state index contributed by atoms with van der Waals surface area (Å²) in [4.78, 5) is 27.5. The van der Waals surface area contributed by atoms with Crippen LogP contribution in [0.25, 0.3) is 0 Å². The molecule has 0 bridgehead atoms. The average Bonchev–Trinajstić information content (AvgIpc) is 2.74. The number of carboxylic acids is 1. The van der Waals surface area contributed by atoms with Gasteiger partial charge in [0.15, 0.2) is 5.69 Å². The first-order valence-corrected chi connectivity index (χ1v) is 5.56.